The zero-order valence-corrected chi connectivity index (χ0v) is 15.8. The minimum Gasteiger partial charge on any atom is -0.459 e. The summed E-state index contributed by atoms with van der Waals surface area (Å²) < 4.78 is 11.0. The number of hydrogen-bond donors (Lipinski definition) is 1. The predicted molar refractivity (Wildman–Crippen MR) is 97.7 cm³/mol. The Morgan fingerprint density at radius 1 is 1.36 bits per heavy atom. The van der Waals surface area contributed by atoms with Crippen LogP contribution in [0.1, 0.15) is 25.3 Å². The van der Waals surface area contributed by atoms with E-state index in [1.807, 2.05) is 24.4 Å². The largest absolute Gasteiger partial charge is 0.459 e. The Morgan fingerprint density at radius 3 is 2.80 bits per heavy atom. The highest BCUT2D eigenvalue weighted by Crippen LogP contribution is 2.25. The van der Waals surface area contributed by atoms with Gasteiger partial charge in [0, 0.05) is 30.6 Å². The van der Waals surface area contributed by atoms with Crippen molar-refractivity contribution in [3.05, 3.63) is 29.0 Å². The molecule has 0 atom stereocenters. The molecule has 2 aromatic rings. The number of morpholine rings is 1. The molecule has 0 aliphatic carbocycles. The maximum atomic E-state index is 12.3. The molecular weight excluding hydrogens is 338 g/mol. The lowest BCUT2D eigenvalue weighted by Gasteiger charge is -2.40. The van der Waals surface area contributed by atoms with Crippen LogP contribution >= 0.6 is 11.3 Å². The Balaban J connectivity index is 1.51. The highest BCUT2D eigenvalue weighted by atomic mass is 32.1. The van der Waals surface area contributed by atoms with Gasteiger partial charge in [0.15, 0.2) is 10.8 Å². The Bertz CT molecular complexity index is 717. The molecule has 6 nitrogen and oxygen atoms in total. The zero-order valence-electron chi connectivity index (χ0n) is 15.0. The first kappa shape index (κ1) is 18.1. The van der Waals surface area contributed by atoms with Crippen LogP contribution < -0.4 is 5.32 Å². The van der Waals surface area contributed by atoms with Crippen LogP contribution in [0.4, 0.5) is 0 Å². The molecule has 0 radical (unpaired) electrons. The molecular formula is C18H25N3O3S. The van der Waals surface area contributed by atoms with Gasteiger partial charge in [0.1, 0.15) is 5.76 Å². The topological polar surface area (TPSA) is 67.6 Å². The van der Waals surface area contributed by atoms with Crippen molar-refractivity contribution >= 4 is 17.2 Å². The molecule has 0 saturated carbocycles. The van der Waals surface area contributed by atoms with Crippen molar-refractivity contribution < 1.29 is 13.9 Å². The van der Waals surface area contributed by atoms with Crippen LogP contribution in [-0.4, -0.2) is 54.2 Å². The normalized spacial score (nSPS) is 16.1. The summed E-state index contributed by atoms with van der Waals surface area (Å²) in [7, 11) is 0. The smallest absolute Gasteiger partial charge is 0.226 e. The van der Waals surface area contributed by atoms with Crippen molar-refractivity contribution in [1.29, 1.82) is 0 Å². The lowest BCUT2D eigenvalue weighted by molar-refractivity contribution is -0.121. The van der Waals surface area contributed by atoms with Crippen LogP contribution in [0.3, 0.4) is 0 Å². The van der Waals surface area contributed by atoms with Crippen molar-refractivity contribution in [2.75, 3.05) is 32.8 Å². The first-order valence-corrected chi connectivity index (χ1v) is 9.43. The Hall–Kier alpha value is -1.70. The SMILES string of the molecule is Cc1ccc(-c2nc(CC(=O)NCC(C)(C)N3CCOCC3)cs2)o1. The van der Waals surface area contributed by atoms with Gasteiger partial charge in [0.05, 0.1) is 25.3 Å². The third-order valence-electron chi connectivity index (χ3n) is 4.43. The van der Waals surface area contributed by atoms with E-state index in [2.05, 4.69) is 29.0 Å². The molecule has 3 heterocycles. The molecule has 1 fully saturated rings. The van der Waals surface area contributed by atoms with Crippen molar-refractivity contribution in [3.63, 3.8) is 0 Å². The lowest BCUT2D eigenvalue weighted by Crippen LogP contribution is -2.55. The van der Waals surface area contributed by atoms with Crippen LogP contribution in [0.5, 0.6) is 0 Å². The Kier molecular flexibility index (Phi) is 5.56. The van der Waals surface area contributed by atoms with E-state index in [4.69, 9.17) is 9.15 Å². The monoisotopic (exact) mass is 363 g/mol. The molecule has 2 aromatic heterocycles. The van der Waals surface area contributed by atoms with Gasteiger partial charge in [-0.2, -0.15) is 0 Å². The van der Waals surface area contributed by atoms with E-state index in [0.717, 1.165) is 48.5 Å². The van der Waals surface area contributed by atoms with E-state index in [1.54, 1.807) is 0 Å². The van der Waals surface area contributed by atoms with Crippen LogP contribution in [0, 0.1) is 6.92 Å². The predicted octanol–water partition coefficient (Wildman–Crippen LogP) is 2.48. The van der Waals surface area contributed by atoms with Crippen LogP contribution in [0.15, 0.2) is 21.9 Å². The van der Waals surface area contributed by atoms with Gasteiger partial charge in [-0.05, 0) is 32.9 Å². The molecule has 0 spiro atoms. The van der Waals surface area contributed by atoms with Gasteiger partial charge >= 0.3 is 0 Å². The second-order valence-electron chi connectivity index (χ2n) is 6.92. The van der Waals surface area contributed by atoms with Crippen LogP contribution in [0.2, 0.25) is 0 Å². The van der Waals surface area contributed by atoms with E-state index in [-0.39, 0.29) is 17.9 Å². The van der Waals surface area contributed by atoms with Gasteiger partial charge in [0.25, 0.3) is 0 Å². The van der Waals surface area contributed by atoms with Crippen LogP contribution in [-0.2, 0) is 16.0 Å². The third-order valence-corrected chi connectivity index (χ3v) is 5.34. The molecule has 0 unspecified atom stereocenters. The number of furan rings is 1. The quantitative estimate of drug-likeness (QED) is 0.854. The first-order chi connectivity index (χ1) is 11.9. The Morgan fingerprint density at radius 2 is 2.12 bits per heavy atom. The van der Waals surface area contributed by atoms with Crippen LogP contribution in [0.25, 0.3) is 10.8 Å². The molecule has 1 amide bonds. The summed E-state index contributed by atoms with van der Waals surface area (Å²) in [6, 6.07) is 3.82. The Labute approximate surface area is 152 Å². The van der Waals surface area contributed by atoms with Crippen molar-refractivity contribution in [3.8, 4) is 10.8 Å². The molecule has 1 aliphatic rings. The molecule has 3 rings (SSSR count). The number of ether oxygens (including phenoxy) is 1. The highest BCUT2D eigenvalue weighted by Gasteiger charge is 2.28. The fourth-order valence-corrected chi connectivity index (χ4v) is 3.65. The summed E-state index contributed by atoms with van der Waals surface area (Å²) >= 11 is 1.50. The van der Waals surface area contributed by atoms with E-state index in [0.29, 0.717) is 6.54 Å². The van der Waals surface area contributed by atoms with Crippen molar-refractivity contribution in [2.45, 2.75) is 32.7 Å². The minimum absolute atomic E-state index is 0.00573. The average Bonchev–Trinajstić information content (AvgIpc) is 3.23. The number of carbonyl (C=O) groups is 1. The number of amides is 1. The van der Waals surface area contributed by atoms with E-state index < -0.39 is 0 Å². The number of rotatable bonds is 6. The molecule has 1 aliphatic heterocycles. The average molecular weight is 363 g/mol. The molecule has 136 valence electrons. The zero-order chi connectivity index (χ0) is 17.9. The molecule has 7 heteroatoms. The molecule has 0 aromatic carbocycles. The fraction of sp³-hybridized carbons (Fsp3) is 0.556. The van der Waals surface area contributed by atoms with Gasteiger partial charge < -0.3 is 14.5 Å². The maximum Gasteiger partial charge on any atom is 0.226 e. The number of nitrogens with one attached hydrogen (secondary N) is 1. The molecule has 1 N–H and O–H groups in total. The van der Waals surface area contributed by atoms with Gasteiger partial charge in [-0.15, -0.1) is 11.3 Å². The number of aromatic nitrogens is 1. The third kappa shape index (κ3) is 4.68. The van der Waals surface area contributed by atoms with Gasteiger partial charge in [0.2, 0.25) is 5.91 Å². The summed E-state index contributed by atoms with van der Waals surface area (Å²) in [6.07, 6.45) is 0.287. The molecule has 25 heavy (non-hydrogen) atoms. The number of hydrogen-bond acceptors (Lipinski definition) is 6. The summed E-state index contributed by atoms with van der Waals surface area (Å²) in [4.78, 5) is 19.1. The molecule has 1 saturated heterocycles. The number of carbonyl (C=O) groups excluding carboxylic acids is 1. The highest BCUT2D eigenvalue weighted by molar-refractivity contribution is 7.13. The number of nitrogens with zero attached hydrogens (tertiary/aromatic N) is 2. The molecule has 0 bridgehead atoms. The van der Waals surface area contributed by atoms with Gasteiger partial charge in [-0.3, -0.25) is 9.69 Å². The van der Waals surface area contributed by atoms with E-state index in [9.17, 15) is 4.79 Å². The summed E-state index contributed by atoms with van der Waals surface area (Å²) in [5.41, 5.74) is 0.689. The van der Waals surface area contributed by atoms with Crippen molar-refractivity contribution in [2.24, 2.45) is 0 Å². The summed E-state index contributed by atoms with van der Waals surface area (Å²) in [5, 5.41) is 5.77. The van der Waals surface area contributed by atoms with Gasteiger partial charge in [-0.25, -0.2) is 4.98 Å². The van der Waals surface area contributed by atoms with Gasteiger partial charge in [-0.1, -0.05) is 0 Å². The number of thiazole rings is 1. The van der Waals surface area contributed by atoms with E-state index >= 15 is 0 Å². The number of aryl methyl sites for hydroxylation is 1. The van der Waals surface area contributed by atoms with E-state index in [1.165, 1.54) is 11.3 Å². The second-order valence-corrected chi connectivity index (χ2v) is 7.78. The second kappa shape index (κ2) is 7.68. The minimum atomic E-state index is -0.0849. The standard InChI is InChI=1S/C18H25N3O3S/c1-13-4-5-15(24-13)17-20-14(11-25-17)10-16(22)19-12-18(2,3)21-6-8-23-9-7-21/h4-5,11H,6-10,12H2,1-3H3,(H,19,22). The first-order valence-electron chi connectivity index (χ1n) is 8.55. The summed E-state index contributed by atoms with van der Waals surface area (Å²) in [6.45, 7) is 10.1. The maximum absolute atomic E-state index is 12.3. The fourth-order valence-electron chi connectivity index (χ4n) is 2.87. The van der Waals surface area contributed by atoms with Crippen molar-refractivity contribution in [1.82, 2.24) is 15.2 Å². The lowest BCUT2D eigenvalue weighted by atomic mass is 10.0. The summed E-state index contributed by atoms with van der Waals surface area (Å²) in [5.74, 6) is 1.60.